The monoisotopic (exact) mass is 375 g/mol. The molecule has 3 amide bonds. The predicted octanol–water partition coefficient (Wildman–Crippen LogP) is 3.44. The number of carbonyl (C=O) groups is 3. The molecule has 1 aliphatic heterocycles. The highest BCUT2D eigenvalue weighted by Gasteiger charge is 2.27. The molecule has 0 unspecified atom stereocenters. The van der Waals surface area contributed by atoms with Gasteiger partial charge in [0.25, 0.3) is 11.8 Å². The summed E-state index contributed by atoms with van der Waals surface area (Å²) in [5.41, 5.74) is 2.20. The van der Waals surface area contributed by atoms with Gasteiger partial charge in [-0.05, 0) is 55.5 Å². The lowest BCUT2D eigenvalue weighted by atomic mass is 10.1. The predicted molar refractivity (Wildman–Crippen MR) is 105 cm³/mol. The Morgan fingerprint density at radius 2 is 1.79 bits per heavy atom. The van der Waals surface area contributed by atoms with E-state index in [1.54, 1.807) is 61.5 Å². The number of amides is 3. The van der Waals surface area contributed by atoms with Crippen molar-refractivity contribution in [1.82, 2.24) is 0 Å². The van der Waals surface area contributed by atoms with E-state index in [-0.39, 0.29) is 30.0 Å². The highest BCUT2D eigenvalue weighted by atomic mass is 16.3. The van der Waals surface area contributed by atoms with Crippen molar-refractivity contribution in [1.29, 1.82) is 0 Å². The molecular weight excluding hydrogens is 358 g/mol. The van der Waals surface area contributed by atoms with Gasteiger partial charge in [-0.15, -0.1) is 0 Å². The van der Waals surface area contributed by atoms with Gasteiger partial charge in [-0.25, -0.2) is 0 Å². The van der Waals surface area contributed by atoms with Gasteiger partial charge in [-0.3, -0.25) is 19.3 Å². The zero-order valence-electron chi connectivity index (χ0n) is 15.1. The quantitative estimate of drug-likeness (QED) is 0.734. The van der Waals surface area contributed by atoms with Crippen molar-refractivity contribution in [2.45, 2.75) is 6.92 Å². The molecule has 0 bridgehead atoms. The SMILES string of the molecule is Cc1ccc(C(=O)Nc2ccc(C(=O)N3CC(=O)Nc4ccccc43)cc2)o1. The molecule has 0 aliphatic carbocycles. The molecule has 4 rings (SSSR count). The van der Waals surface area contributed by atoms with Gasteiger partial charge in [0.15, 0.2) is 5.76 Å². The molecule has 0 radical (unpaired) electrons. The van der Waals surface area contributed by atoms with Gasteiger partial charge in [0, 0.05) is 11.3 Å². The Labute approximate surface area is 161 Å². The molecule has 7 nitrogen and oxygen atoms in total. The number of para-hydroxylation sites is 2. The number of anilines is 3. The van der Waals surface area contributed by atoms with Crippen molar-refractivity contribution < 1.29 is 18.8 Å². The summed E-state index contributed by atoms with van der Waals surface area (Å²) in [6, 6.07) is 16.9. The van der Waals surface area contributed by atoms with Crippen LogP contribution < -0.4 is 15.5 Å². The summed E-state index contributed by atoms with van der Waals surface area (Å²) >= 11 is 0. The standard InChI is InChI=1S/C21H17N3O4/c1-13-6-11-18(28-13)20(26)22-15-9-7-14(8-10-15)21(27)24-12-19(25)23-16-4-2-3-5-17(16)24/h2-11H,12H2,1H3,(H,22,26)(H,23,25). The number of hydrogen-bond acceptors (Lipinski definition) is 4. The summed E-state index contributed by atoms with van der Waals surface area (Å²) in [7, 11) is 0. The summed E-state index contributed by atoms with van der Waals surface area (Å²) in [5, 5.41) is 5.47. The number of aryl methyl sites for hydroxylation is 1. The van der Waals surface area contributed by atoms with Crippen molar-refractivity contribution in [3.05, 3.63) is 77.7 Å². The summed E-state index contributed by atoms with van der Waals surface area (Å²) < 4.78 is 5.29. The van der Waals surface area contributed by atoms with Gasteiger partial charge in [0.1, 0.15) is 12.3 Å². The minimum atomic E-state index is -0.367. The average Bonchev–Trinajstić information content (AvgIpc) is 3.14. The van der Waals surface area contributed by atoms with E-state index in [0.717, 1.165) is 0 Å². The van der Waals surface area contributed by atoms with Crippen LogP contribution in [-0.4, -0.2) is 24.3 Å². The van der Waals surface area contributed by atoms with Gasteiger partial charge in [-0.2, -0.15) is 0 Å². The summed E-state index contributed by atoms with van der Waals surface area (Å²) in [6.45, 7) is 1.71. The minimum Gasteiger partial charge on any atom is -0.456 e. The maximum atomic E-state index is 12.9. The zero-order valence-corrected chi connectivity index (χ0v) is 15.1. The van der Waals surface area contributed by atoms with Crippen molar-refractivity contribution in [3.8, 4) is 0 Å². The molecule has 2 aromatic carbocycles. The lowest BCUT2D eigenvalue weighted by Gasteiger charge is -2.29. The molecule has 0 fully saturated rings. The van der Waals surface area contributed by atoms with Crippen LogP contribution in [0.15, 0.2) is 65.1 Å². The van der Waals surface area contributed by atoms with Crippen molar-refractivity contribution >= 4 is 34.8 Å². The lowest BCUT2D eigenvalue weighted by molar-refractivity contribution is -0.115. The van der Waals surface area contributed by atoms with E-state index >= 15 is 0 Å². The molecule has 1 aliphatic rings. The van der Waals surface area contributed by atoms with Crippen LogP contribution in [0.3, 0.4) is 0 Å². The second-order valence-corrected chi connectivity index (χ2v) is 6.40. The molecule has 0 saturated carbocycles. The second kappa shape index (κ2) is 7.03. The van der Waals surface area contributed by atoms with E-state index in [1.807, 2.05) is 6.07 Å². The fourth-order valence-electron chi connectivity index (χ4n) is 3.02. The van der Waals surface area contributed by atoms with E-state index < -0.39 is 0 Å². The zero-order chi connectivity index (χ0) is 19.7. The first-order valence-electron chi connectivity index (χ1n) is 8.70. The van der Waals surface area contributed by atoms with Crippen molar-refractivity contribution in [2.75, 3.05) is 22.1 Å². The maximum absolute atomic E-state index is 12.9. The number of nitrogens with one attached hydrogen (secondary N) is 2. The Hall–Kier alpha value is -3.87. The third-order valence-corrected chi connectivity index (χ3v) is 4.37. The molecule has 3 aromatic rings. The Morgan fingerprint density at radius 3 is 2.50 bits per heavy atom. The van der Waals surface area contributed by atoms with Gasteiger partial charge >= 0.3 is 0 Å². The van der Waals surface area contributed by atoms with Gasteiger partial charge in [0.05, 0.1) is 11.4 Å². The van der Waals surface area contributed by atoms with E-state index in [9.17, 15) is 14.4 Å². The normalized spacial score (nSPS) is 12.9. The molecule has 28 heavy (non-hydrogen) atoms. The molecule has 2 heterocycles. The summed E-state index contributed by atoms with van der Waals surface area (Å²) in [5.74, 6) is -0.0363. The number of hydrogen-bond donors (Lipinski definition) is 2. The van der Waals surface area contributed by atoms with E-state index in [2.05, 4.69) is 10.6 Å². The Kier molecular flexibility index (Phi) is 4.41. The largest absolute Gasteiger partial charge is 0.456 e. The topological polar surface area (TPSA) is 91.7 Å². The Bertz CT molecular complexity index is 1070. The molecular formula is C21H17N3O4. The van der Waals surface area contributed by atoms with Gasteiger partial charge in [0.2, 0.25) is 5.91 Å². The minimum absolute atomic E-state index is 0.0494. The fourth-order valence-corrected chi connectivity index (χ4v) is 3.02. The van der Waals surface area contributed by atoms with Crippen LogP contribution in [0.4, 0.5) is 17.1 Å². The van der Waals surface area contributed by atoms with E-state index in [1.165, 1.54) is 4.90 Å². The fraction of sp³-hybridized carbons (Fsp3) is 0.0952. The lowest BCUT2D eigenvalue weighted by Crippen LogP contribution is -2.42. The van der Waals surface area contributed by atoms with Crippen LogP contribution in [0.1, 0.15) is 26.7 Å². The number of rotatable bonds is 3. The summed E-state index contributed by atoms with van der Waals surface area (Å²) in [4.78, 5) is 38.4. The first-order valence-corrected chi connectivity index (χ1v) is 8.70. The number of fused-ring (bicyclic) bond motifs is 1. The molecule has 0 saturated heterocycles. The highest BCUT2D eigenvalue weighted by Crippen LogP contribution is 2.30. The number of nitrogens with zero attached hydrogens (tertiary/aromatic N) is 1. The van der Waals surface area contributed by atoms with Crippen LogP contribution in [0.5, 0.6) is 0 Å². The number of benzene rings is 2. The number of carbonyl (C=O) groups excluding carboxylic acids is 3. The molecule has 0 spiro atoms. The molecule has 2 N–H and O–H groups in total. The number of furan rings is 1. The molecule has 1 aromatic heterocycles. The average molecular weight is 375 g/mol. The van der Waals surface area contributed by atoms with E-state index in [0.29, 0.717) is 28.4 Å². The second-order valence-electron chi connectivity index (χ2n) is 6.40. The van der Waals surface area contributed by atoms with Crippen LogP contribution in [0, 0.1) is 6.92 Å². The maximum Gasteiger partial charge on any atom is 0.291 e. The third-order valence-electron chi connectivity index (χ3n) is 4.37. The molecule has 7 heteroatoms. The smallest absolute Gasteiger partial charge is 0.291 e. The molecule has 140 valence electrons. The van der Waals surface area contributed by atoms with Gasteiger partial charge < -0.3 is 15.1 Å². The Morgan fingerprint density at radius 1 is 1.04 bits per heavy atom. The third kappa shape index (κ3) is 3.37. The van der Waals surface area contributed by atoms with Crippen molar-refractivity contribution in [2.24, 2.45) is 0 Å². The van der Waals surface area contributed by atoms with Gasteiger partial charge in [-0.1, -0.05) is 12.1 Å². The highest BCUT2D eigenvalue weighted by molar-refractivity contribution is 6.15. The summed E-state index contributed by atoms with van der Waals surface area (Å²) in [6.07, 6.45) is 0. The van der Waals surface area contributed by atoms with Crippen LogP contribution >= 0.6 is 0 Å². The first kappa shape index (κ1) is 17.5. The first-order chi connectivity index (χ1) is 13.5. The van der Waals surface area contributed by atoms with Crippen LogP contribution in [0.2, 0.25) is 0 Å². The van der Waals surface area contributed by atoms with Crippen molar-refractivity contribution in [3.63, 3.8) is 0 Å². The molecule has 0 atom stereocenters. The van der Waals surface area contributed by atoms with Crippen LogP contribution in [-0.2, 0) is 4.79 Å². The Balaban J connectivity index is 1.52. The van der Waals surface area contributed by atoms with Crippen LogP contribution in [0.25, 0.3) is 0 Å². The van der Waals surface area contributed by atoms with E-state index in [4.69, 9.17) is 4.42 Å².